The Morgan fingerprint density at radius 1 is 1.29 bits per heavy atom. The molecule has 0 radical (unpaired) electrons. The number of carbonyl (C=O) groups excluding carboxylic acids is 1. The Morgan fingerprint density at radius 3 is 2.75 bits per heavy atom. The SMILES string of the molecule is C#CCn1c(C(C)NC(=O)c2ccccc2Cl)nc2ccccc21. The average molecular weight is 338 g/mol. The zero-order chi connectivity index (χ0) is 17.1. The van der Waals surface area contributed by atoms with E-state index in [2.05, 4.69) is 16.2 Å². The monoisotopic (exact) mass is 337 g/mol. The van der Waals surface area contributed by atoms with E-state index >= 15 is 0 Å². The van der Waals surface area contributed by atoms with E-state index in [1.807, 2.05) is 35.8 Å². The van der Waals surface area contributed by atoms with E-state index in [1.165, 1.54) is 0 Å². The number of hydrogen-bond acceptors (Lipinski definition) is 2. The molecule has 0 saturated carbocycles. The van der Waals surface area contributed by atoms with E-state index in [4.69, 9.17) is 18.0 Å². The second-order valence-electron chi connectivity index (χ2n) is 5.42. The Kier molecular flexibility index (Phi) is 4.54. The summed E-state index contributed by atoms with van der Waals surface area (Å²) in [5.74, 6) is 3.11. The Balaban J connectivity index is 1.93. The maximum atomic E-state index is 12.5. The topological polar surface area (TPSA) is 46.9 Å². The number of benzene rings is 2. The van der Waals surface area contributed by atoms with Crippen LogP contribution in [0.4, 0.5) is 0 Å². The lowest BCUT2D eigenvalue weighted by atomic mass is 10.2. The molecule has 5 heteroatoms. The smallest absolute Gasteiger partial charge is 0.253 e. The fraction of sp³-hybridized carbons (Fsp3) is 0.158. The van der Waals surface area contributed by atoms with Gasteiger partial charge < -0.3 is 9.88 Å². The van der Waals surface area contributed by atoms with Gasteiger partial charge in [0.1, 0.15) is 5.82 Å². The zero-order valence-electron chi connectivity index (χ0n) is 13.2. The van der Waals surface area contributed by atoms with Crippen LogP contribution in [-0.2, 0) is 6.54 Å². The Hall–Kier alpha value is -2.77. The molecule has 0 aliphatic carbocycles. The lowest BCUT2D eigenvalue weighted by Crippen LogP contribution is -2.29. The number of nitrogens with zero attached hydrogens (tertiary/aromatic N) is 2. The van der Waals surface area contributed by atoms with Gasteiger partial charge in [-0.1, -0.05) is 41.8 Å². The molecule has 1 atom stereocenters. The Morgan fingerprint density at radius 2 is 2.00 bits per heavy atom. The standard InChI is InChI=1S/C19H16ClN3O/c1-3-12-23-17-11-7-6-10-16(17)22-18(23)13(2)21-19(24)14-8-4-5-9-15(14)20/h1,4-11,13H,12H2,2H3,(H,21,24). The molecule has 3 rings (SSSR count). The van der Waals surface area contributed by atoms with E-state index in [1.54, 1.807) is 24.3 Å². The molecule has 0 saturated heterocycles. The van der Waals surface area contributed by atoms with Crippen LogP contribution in [0.2, 0.25) is 5.02 Å². The fourth-order valence-electron chi connectivity index (χ4n) is 2.67. The van der Waals surface area contributed by atoms with Gasteiger partial charge in [0.05, 0.1) is 34.2 Å². The molecule has 0 spiro atoms. The van der Waals surface area contributed by atoms with Crippen molar-refractivity contribution in [1.82, 2.24) is 14.9 Å². The van der Waals surface area contributed by atoms with Gasteiger partial charge in [-0.25, -0.2) is 4.98 Å². The zero-order valence-corrected chi connectivity index (χ0v) is 13.9. The molecule has 0 aliphatic heterocycles. The van der Waals surface area contributed by atoms with Gasteiger partial charge in [0.25, 0.3) is 5.91 Å². The number of fused-ring (bicyclic) bond motifs is 1. The quantitative estimate of drug-likeness (QED) is 0.736. The van der Waals surface area contributed by atoms with Gasteiger partial charge in [0.15, 0.2) is 0 Å². The van der Waals surface area contributed by atoms with Crippen molar-refractivity contribution in [2.24, 2.45) is 0 Å². The highest BCUT2D eigenvalue weighted by molar-refractivity contribution is 6.33. The first-order valence-electron chi connectivity index (χ1n) is 7.56. The second-order valence-corrected chi connectivity index (χ2v) is 5.83. The van der Waals surface area contributed by atoms with Gasteiger partial charge in [0.2, 0.25) is 0 Å². The maximum absolute atomic E-state index is 12.5. The number of rotatable bonds is 4. The van der Waals surface area contributed by atoms with Gasteiger partial charge >= 0.3 is 0 Å². The molecule has 1 aromatic heterocycles. The van der Waals surface area contributed by atoms with Gasteiger partial charge in [0, 0.05) is 0 Å². The minimum absolute atomic E-state index is 0.243. The summed E-state index contributed by atoms with van der Waals surface area (Å²) in [5.41, 5.74) is 2.23. The molecule has 1 heterocycles. The summed E-state index contributed by atoms with van der Waals surface area (Å²) in [6, 6.07) is 14.4. The molecular formula is C19H16ClN3O. The first-order chi connectivity index (χ1) is 11.6. The third-order valence-corrected chi connectivity index (χ3v) is 4.12. The van der Waals surface area contributed by atoms with E-state index in [0.29, 0.717) is 17.1 Å². The summed E-state index contributed by atoms with van der Waals surface area (Å²) >= 11 is 6.09. The van der Waals surface area contributed by atoms with E-state index in [9.17, 15) is 4.79 Å². The van der Waals surface area contributed by atoms with Gasteiger partial charge in [-0.05, 0) is 31.2 Å². The summed E-state index contributed by atoms with van der Waals surface area (Å²) in [5, 5.41) is 3.35. The number of para-hydroxylation sites is 2. The lowest BCUT2D eigenvalue weighted by Gasteiger charge is -2.15. The van der Waals surface area contributed by atoms with Gasteiger partial charge in [-0.3, -0.25) is 4.79 Å². The number of halogens is 1. The third-order valence-electron chi connectivity index (χ3n) is 3.79. The van der Waals surface area contributed by atoms with E-state index in [0.717, 1.165) is 16.9 Å². The number of carbonyl (C=O) groups is 1. The minimum Gasteiger partial charge on any atom is -0.342 e. The van der Waals surface area contributed by atoms with Crippen molar-refractivity contribution in [2.75, 3.05) is 0 Å². The molecule has 0 fully saturated rings. The highest BCUT2D eigenvalue weighted by Gasteiger charge is 2.19. The summed E-state index contributed by atoms with van der Waals surface area (Å²) < 4.78 is 1.94. The number of imidazole rings is 1. The van der Waals surface area contributed by atoms with Crippen LogP contribution in [0.25, 0.3) is 11.0 Å². The summed E-state index contributed by atoms with van der Waals surface area (Å²) in [7, 11) is 0. The molecule has 0 aliphatic rings. The molecule has 1 unspecified atom stereocenters. The average Bonchev–Trinajstić information content (AvgIpc) is 2.94. The molecule has 1 amide bonds. The molecule has 24 heavy (non-hydrogen) atoms. The number of nitrogens with one attached hydrogen (secondary N) is 1. The van der Waals surface area contributed by atoms with Crippen LogP contribution in [0.1, 0.15) is 29.1 Å². The van der Waals surface area contributed by atoms with Crippen LogP contribution in [-0.4, -0.2) is 15.5 Å². The van der Waals surface area contributed by atoms with Crippen molar-refractivity contribution in [3.8, 4) is 12.3 Å². The van der Waals surface area contributed by atoms with Crippen molar-refractivity contribution >= 4 is 28.5 Å². The number of amides is 1. The van der Waals surface area contributed by atoms with E-state index < -0.39 is 0 Å². The number of aromatic nitrogens is 2. The highest BCUT2D eigenvalue weighted by atomic mass is 35.5. The first-order valence-corrected chi connectivity index (χ1v) is 7.93. The summed E-state index contributed by atoms with van der Waals surface area (Å²) in [4.78, 5) is 17.1. The van der Waals surface area contributed by atoms with E-state index in [-0.39, 0.29) is 11.9 Å². The molecule has 3 aromatic rings. The van der Waals surface area contributed by atoms with Crippen molar-refractivity contribution in [2.45, 2.75) is 19.5 Å². The van der Waals surface area contributed by atoms with Crippen LogP contribution in [0.5, 0.6) is 0 Å². The first kappa shape index (κ1) is 16.1. The van der Waals surface area contributed by atoms with Crippen molar-refractivity contribution in [1.29, 1.82) is 0 Å². The number of terminal acetylenes is 1. The van der Waals surface area contributed by atoms with Crippen molar-refractivity contribution in [3.63, 3.8) is 0 Å². The summed E-state index contributed by atoms with van der Waals surface area (Å²) in [6.45, 7) is 2.27. The highest BCUT2D eigenvalue weighted by Crippen LogP contribution is 2.22. The normalized spacial score (nSPS) is 11.9. The third kappa shape index (κ3) is 2.99. The fourth-order valence-corrected chi connectivity index (χ4v) is 2.89. The molecule has 2 aromatic carbocycles. The summed E-state index contributed by atoms with van der Waals surface area (Å²) in [6.07, 6.45) is 5.49. The molecular weight excluding hydrogens is 322 g/mol. The molecule has 120 valence electrons. The Labute approximate surface area is 145 Å². The predicted molar refractivity (Wildman–Crippen MR) is 95.9 cm³/mol. The van der Waals surface area contributed by atoms with Crippen LogP contribution in [0.3, 0.4) is 0 Å². The molecule has 4 nitrogen and oxygen atoms in total. The minimum atomic E-state index is -0.311. The van der Waals surface area contributed by atoms with Crippen LogP contribution < -0.4 is 5.32 Å². The largest absolute Gasteiger partial charge is 0.342 e. The molecule has 1 N–H and O–H groups in total. The number of hydrogen-bond donors (Lipinski definition) is 1. The van der Waals surface area contributed by atoms with Crippen LogP contribution in [0, 0.1) is 12.3 Å². The van der Waals surface area contributed by atoms with Crippen LogP contribution >= 0.6 is 11.6 Å². The lowest BCUT2D eigenvalue weighted by molar-refractivity contribution is 0.0938. The van der Waals surface area contributed by atoms with Crippen molar-refractivity contribution in [3.05, 3.63) is 64.9 Å². The molecule has 0 bridgehead atoms. The second kappa shape index (κ2) is 6.77. The Bertz CT molecular complexity index is 939. The van der Waals surface area contributed by atoms with Crippen molar-refractivity contribution < 1.29 is 4.79 Å². The maximum Gasteiger partial charge on any atom is 0.253 e. The van der Waals surface area contributed by atoms with Gasteiger partial charge in [-0.2, -0.15) is 0 Å². The van der Waals surface area contributed by atoms with Gasteiger partial charge in [-0.15, -0.1) is 6.42 Å². The predicted octanol–water partition coefficient (Wildman–Crippen LogP) is 3.81. The van der Waals surface area contributed by atoms with Crippen LogP contribution in [0.15, 0.2) is 48.5 Å².